The zero-order chi connectivity index (χ0) is 15.8. The quantitative estimate of drug-likeness (QED) is 0.469. The molecule has 116 valence electrons. The van der Waals surface area contributed by atoms with Gasteiger partial charge in [0.25, 0.3) is 0 Å². The Kier molecular flexibility index (Phi) is 8.99. The minimum Gasteiger partial charge on any atom is -0.377 e. The number of aliphatic hydroxyl groups excluding tert-OH is 1. The normalized spacial score (nSPS) is 15.2. The van der Waals surface area contributed by atoms with Crippen molar-refractivity contribution < 1.29 is 19.5 Å². The molecule has 20 heavy (non-hydrogen) atoms. The van der Waals surface area contributed by atoms with Gasteiger partial charge in [-0.3, -0.25) is 4.57 Å². The van der Waals surface area contributed by atoms with Crippen LogP contribution in [0.1, 0.15) is 53.4 Å². The van der Waals surface area contributed by atoms with Gasteiger partial charge in [0.05, 0.1) is 0 Å². The monoisotopic (exact) mass is 302 g/mol. The van der Waals surface area contributed by atoms with E-state index in [1.807, 2.05) is 0 Å². The highest BCUT2D eigenvalue weighted by Gasteiger charge is 2.23. The molecule has 0 radical (unpaired) electrons. The molecular weight excluding hydrogens is 275 g/mol. The van der Waals surface area contributed by atoms with Crippen LogP contribution in [0.15, 0.2) is 34.9 Å². The average Bonchev–Trinajstić information content (AvgIpc) is 2.26. The summed E-state index contributed by atoms with van der Waals surface area (Å²) in [6.45, 7) is 8.02. The SMILES string of the molecule is CC(C)=CCC/C(C)=C/CC/C(C)=C/[C@H](O)P(=O)(O)O. The molecular formula is C15H27O4P. The van der Waals surface area contributed by atoms with Crippen LogP contribution in [0.2, 0.25) is 0 Å². The fourth-order valence-electron chi connectivity index (χ4n) is 1.67. The van der Waals surface area contributed by atoms with E-state index >= 15 is 0 Å². The predicted molar refractivity (Wildman–Crippen MR) is 83.5 cm³/mol. The van der Waals surface area contributed by atoms with Crippen LogP contribution in [0.4, 0.5) is 0 Å². The molecule has 0 saturated carbocycles. The van der Waals surface area contributed by atoms with Gasteiger partial charge in [-0.1, -0.05) is 28.9 Å². The Labute approximate surface area is 122 Å². The number of rotatable bonds is 8. The van der Waals surface area contributed by atoms with E-state index in [0.29, 0.717) is 6.42 Å². The lowest BCUT2D eigenvalue weighted by Crippen LogP contribution is -2.03. The Bertz CT molecular complexity index is 425. The molecule has 0 unspecified atom stereocenters. The fourth-order valence-corrected chi connectivity index (χ4v) is 2.12. The van der Waals surface area contributed by atoms with Crippen molar-refractivity contribution in [3.63, 3.8) is 0 Å². The first-order valence-electron chi connectivity index (χ1n) is 6.82. The molecule has 0 saturated heterocycles. The van der Waals surface area contributed by atoms with Gasteiger partial charge in [-0.05, 0) is 59.5 Å². The van der Waals surface area contributed by atoms with Crippen molar-refractivity contribution in [2.45, 2.75) is 59.2 Å². The van der Waals surface area contributed by atoms with E-state index in [4.69, 9.17) is 9.79 Å². The highest BCUT2D eigenvalue weighted by Crippen LogP contribution is 2.40. The summed E-state index contributed by atoms with van der Waals surface area (Å²) in [5, 5.41) is 9.27. The van der Waals surface area contributed by atoms with Gasteiger partial charge in [0.15, 0.2) is 5.85 Å². The highest BCUT2D eigenvalue weighted by molar-refractivity contribution is 7.52. The summed E-state index contributed by atoms with van der Waals surface area (Å²) in [5.41, 5.74) is 3.42. The number of allylic oxidation sites excluding steroid dienone is 5. The summed E-state index contributed by atoms with van der Waals surface area (Å²) >= 11 is 0. The zero-order valence-electron chi connectivity index (χ0n) is 12.8. The molecule has 0 heterocycles. The summed E-state index contributed by atoms with van der Waals surface area (Å²) in [4.78, 5) is 17.6. The van der Waals surface area contributed by atoms with Gasteiger partial charge >= 0.3 is 7.60 Å². The third kappa shape index (κ3) is 10.2. The summed E-state index contributed by atoms with van der Waals surface area (Å²) in [7, 11) is -4.43. The Morgan fingerprint density at radius 1 is 1.00 bits per heavy atom. The standard InChI is InChI=1S/C15H27O4P/c1-12(2)7-5-8-13(3)9-6-10-14(4)11-15(16)20(17,18)19/h7,9,11,15-16H,5-6,8,10H2,1-4H3,(H2,17,18,19)/b13-9+,14-11+/t15-/m1/s1. The topological polar surface area (TPSA) is 77.8 Å². The second-order valence-corrected chi connectivity index (χ2v) is 7.13. The summed E-state index contributed by atoms with van der Waals surface area (Å²) in [6, 6.07) is 0. The molecule has 3 N–H and O–H groups in total. The van der Waals surface area contributed by atoms with Crippen LogP contribution in [0.3, 0.4) is 0 Å². The zero-order valence-corrected chi connectivity index (χ0v) is 13.7. The van der Waals surface area contributed by atoms with E-state index in [1.165, 1.54) is 17.2 Å². The van der Waals surface area contributed by atoms with Gasteiger partial charge in [-0.15, -0.1) is 0 Å². The molecule has 0 fully saturated rings. The van der Waals surface area contributed by atoms with E-state index in [2.05, 4.69) is 32.9 Å². The van der Waals surface area contributed by atoms with Crippen molar-refractivity contribution in [2.75, 3.05) is 0 Å². The van der Waals surface area contributed by atoms with Crippen molar-refractivity contribution in [1.29, 1.82) is 0 Å². The van der Waals surface area contributed by atoms with Gasteiger partial charge in [0.2, 0.25) is 0 Å². The van der Waals surface area contributed by atoms with E-state index in [9.17, 15) is 9.67 Å². The van der Waals surface area contributed by atoms with Gasteiger partial charge in [0, 0.05) is 0 Å². The molecule has 0 aromatic rings. The van der Waals surface area contributed by atoms with Gasteiger partial charge in [-0.2, -0.15) is 0 Å². The van der Waals surface area contributed by atoms with Crippen molar-refractivity contribution in [2.24, 2.45) is 0 Å². The van der Waals surface area contributed by atoms with Gasteiger partial charge in [-0.25, -0.2) is 0 Å². The van der Waals surface area contributed by atoms with Gasteiger partial charge in [0.1, 0.15) is 0 Å². The Morgan fingerprint density at radius 3 is 2.00 bits per heavy atom. The maximum atomic E-state index is 10.8. The largest absolute Gasteiger partial charge is 0.377 e. The lowest BCUT2D eigenvalue weighted by Gasteiger charge is -2.09. The molecule has 0 aromatic heterocycles. The molecule has 0 aliphatic carbocycles. The lowest BCUT2D eigenvalue weighted by atomic mass is 10.1. The molecule has 0 aromatic carbocycles. The summed E-state index contributed by atoms with van der Waals surface area (Å²) < 4.78 is 10.8. The second-order valence-electron chi connectivity index (χ2n) is 5.43. The number of aliphatic hydroxyl groups is 1. The van der Waals surface area contributed by atoms with Crippen LogP contribution >= 0.6 is 7.60 Å². The first-order valence-corrected chi connectivity index (χ1v) is 8.50. The Balaban J connectivity index is 4.19. The molecule has 0 aliphatic rings. The van der Waals surface area contributed by atoms with Crippen LogP contribution in [0.25, 0.3) is 0 Å². The lowest BCUT2D eigenvalue weighted by molar-refractivity contribution is 0.237. The van der Waals surface area contributed by atoms with Crippen molar-refractivity contribution in [3.8, 4) is 0 Å². The average molecular weight is 302 g/mol. The fraction of sp³-hybridized carbons (Fsp3) is 0.600. The highest BCUT2D eigenvalue weighted by atomic mass is 31.2. The second kappa shape index (κ2) is 9.30. The van der Waals surface area contributed by atoms with Crippen LogP contribution in [-0.2, 0) is 4.57 Å². The summed E-state index contributed by atoms with van der Waals surface area (Å²) in [5.74, 6) is -1.69. The van der Waals surface area contributed by atoms with E-state index in [-0.39, 0.29) is 0 Å². The maximum Gasteiger partial charge on any atom is 0.357 e. The van der Waals surface area contributed by atoms with E-state index in [0.717, 1.165) is 24.8 Å². The smallest absolute Gasteiger partial charge is 0.357 e. The molecule has 5 heteroatoms. The van der Waals surface area contributed by atoms with Crippen LogP contribution < -0.4 is 0 Å². The third-order valence-electron chi connectivity index (χ3n) is 2.90. The molecule has 1 atom stereocenters. The molecule has 0 rings (SSSR count). The van der Waals surface area contributed by atoms with Crippen molar-refractivity contribution >= 4 is 7.60 Å². The van der Waals surface area contributed by atoms with Gasteiger partial charge < -0.3 is 14.9 Å². The molecule has 0 spiro atoms. The molecule has 4 nitrogen and oxygen atoms in total. The molecule has 0 bridgehead atoms. The molecule has 0 aliphatic heterocycles. The first-order chi connectivity index (χ1) is 9.12. The Morgan fingerprint density at radius 2 is 1.50 bits per heavy atom. The molecule has 0 amide bonds. The van der Waals surface area contributed by atoms with Crippen LogP contribution in [0.5, 0.6) is 0 Å². The minimum absolute atomic E-state index is 0.692. The number of hydrogen-bond acceptors (Lipinski definition) is 2. The van der Waals surface area contributed by atoms with Crippen LogP contribution in [0, 0.1) is 0 Å². The summed E-state index contributed by atoms with van der Waals surface area (Å²) in [6.07, 6.45) is 9.16. The minimum atomic E-state index is -4.43. The van der Waals surface area contributed by atoms with Crippen molar-refractivity contribution in [3.05, 3.63) is 34.9 Å². The van der Waals surface area contributed by atoms with E-state index in [1.54, 1.807) is 6.92 Å². The third-order valence-corrected chi connectivity index (χ3v) is 3.74. The van der Waals surface area contributed by atoms with Crippen LogP contribution in [-0.4, -0.2) is 20.7 Å². The van der Waals surface area contributed by atoms with E-state index < -0.39 is 13.4 Å². The van der Waals surface area contributed by atoms with Crippen molar-refractivity contribution in [1.82, 2.24) is 0 Å². The number of hydrogen-bond donors (Lipinski definition) is 3. The predicted octanol–water partition coefficient (Wildman–Crippen LogP) is 3.90. The maximum absolute atomic E-state index is 10.8. The Hall–Kier alpha value is -0.670. The first kappa shape index (κ1) is 19.3.